The van der Waals surface area contributed by atoms with Gasteiger partial charge in [0.15, 0.2) is 0 Å². The van der Waals surface area contributed by atoms with Crippen molar-refractivity contribution in [3.05, 3.63) is 94.5 Å². The summed E-state index contributed by atoms with van der Waals surface area (Å²) >= 11 is 6.34. The molecule has 1 aliphatic carbocycles. The molecule has 1 N–H and O–H groups in total. The highest BCUT2D eigenvalue weighted by atomic mass is 35.5. The van der Waals surface area contributed by atoms with Crippen molar-refractivity contribution in [2.75, 3.05) is 10.8 Å². The van der Waals surface area contributed by atoms with Crippen LogP contribution in [0.15, 0.2) is 77.7 Å². The average Bonchev–Trinajstić information content (AvgIpc) is 2.78. The van der Waals surface area contributed by atoms with Gasteiger partial charge in [-0.3, -0.25) is 9.10 Å². The Morgan fingerprint density at radius 1 is 1.03 bits per heavy atom. The van der Waals surface area contributed by atoms with E-state index in [1.807, 2.05) is 25.1 Å². The van der Waals surface area contributed by atoms with Crippen LogP contribution in [0.3, 0.4) is 0 Å². The topological polar surface area (TPSA) is 66.5 Å². The van der Waals surface area contributed by atoms with Crippen LogP contribution in [0.2, 0.25) is 5.02 Å². The van der Waals surface area contributed by atoms with Crippen LogP contribution < -0.4 is 9.62 Å². The number of benzene rings is 3. The quantitative estimate of drug-likeness (QED) is 0.551. The number of carbonyl (C=O) groups is 1. The lowest BCUT2D eigenvalue weighted by molar-refractivity contribution is -0.120. The summed E-state index contributed by atoms with van der Waals surface area (Å²) in [5.41, 5.74) is 3.54. The van der Waals surface area contributed by atoms with Gasteiger partial charge in [-0.05, 0) is 61.6 Å². The predicted molar refractivity (Wildman–Crippen MR) is 127 cm³/mol. The van der Waals surface area contributed by atoms with Gasteiger partial charge in [-0.2, -0.15) is 0 Å². The summed E-state index contributed by atoms with van der Waals surface area (Å²) in [6.45, 7) is 1.52. The maximum Gasteiger partial charge on any atom is 0.264 e. The van der Waals surface area contributed by atoms with Crippen LogP contribution in [0.5, 0.6) is 0 Å². The molecule has 32 heavy (non-hydrogen) atoms. The van der Waals surface area contributed by atoms with Crippen molar-refractivity contribution in [3.8, 4) is 0 Å². The molecule has 3 aromatic rings. The Morgan fingerprint density at radius 3 is 2.47 bits per heavy atom. The van der Waals surface area contributed by atoms with Gasteiger partial charge in [-0.1, -0.05) is 65.7 Å². The van der Waals surface area contributed by atoms with Crippen molar-refractivity contribution < 1.29 is 13.2 Å². The van der Waals surface area contributed by atoms with Gasteiger partial charge in [-0.15, -0.1) is 0 Å². The number of nitrogens with one attached hydrogen (secondary N) is 1. The Kier molecular flexibility index (Phi) is 6.53. The Hall–Kier alpha value is -2.83. The molecular weight excluding hydrogens is 444 g/mol. The van der Waals surface area contributed by atoms with Crippen LogP contribution >= 0.6 is 11.6 Å². The zero-order chi connectivity index (χ0) is 22.7. The highest BCUT2D eigenvalue weighted by molar-refractivity contribution is 7.92. The first-order chi connectivity index (χ1) is 15.4. The summed E-state index contributed by atoms with van der Waals surface area (Å²) in [5.74, 6) is -0.373. The summed E-state index contributed by atoms with van der Waals surface area (Å²) in [7, 11) is -4.00. The molecule has 0 radical (unpaired) electrons. The Morgan fingerprint density at radius 2 is 1.72 bits per heavy atom. The van der Waals surface area contributed by atoms with Gasteiger partial charge >= 0.3 is 0 Å². The highest BCUT2D eigenvalue weighted by Gasteiger charge is 2.30. The van der Waals surface area contributed by atoms with Crippen molar-refractivity contribution in [1.29, 1.82) is 0 Å². The zero-order valence-corrected chi connectivity index (χ0v) is 19.4. The van der Waals surface area contributed by atoms with E-state index in [0.717, 1.165) is 34.7 Å². The fourth-order valence-electron chi connectivity index (χ4n) is 4.07. The first-order valence-electron chi connectivity index (χ1n) is 10.6. The fourth-order valence-corrected chi connectivity index (χ4v) is 5.79. The minimum atomic E-state index is -4.00. The zero-order valence-electron chi connectivity index (χ0n) is 17.8. The van der Waals surface area contributed by atoms with Crippen molar-refractivity contribution in [2.45, 2.75) is 37.1 Å². The van der Waals surface area contributed by atoms with E-state index < -0.39 is 10.0 Å². The van der Waals surface area contributed by atoms with E-state index in [1.54, 1.807) is 48.5 Å². The SMILES string of the molecule is Cc1ccc(S(=O)(=O)N(CC(=O)N[C@@H]2CCCc3ccccc32)c2ccccc2Cl)cc1. The lowest BCUT2D eigenvalue weighted by atomic mass is 9.88. The van der Waals surface area contributed by atoms with Crippen molar-refractivity contribution in [2.24, 2.45) is 0 Å². The summed E-state index contributed by atoms with van der Waals surface area (Å²) < 4.78 is 28.1. The van der Waals surface area contributed by atoms with Crippen LogP contribution in [-0.2, 0) is 21.2 Å². The second kappa shape index (κ2) is 9.35. The molecule has 3 aromatic carbocycles. The first kappa shape index (κ1) is 22.4. The molecule has 5 nitrogen and oxygen atoms in total. The average molecular weight is 469 g/mol. The maximum absolute atomic E-state index is 13.5. The third-order valence-electron chi connectivity index (χ3n) is 5.72. The summed E-state index contributed by atoms with van der Waals surface area (Å²) in [6, 6.07) is 21.1. The molecule has 0 heterocycles. The number of rotatable bonds is 6. The van der Waals surface area contributed by atoms with Gasteiger partial charge in [0.25, 0.3) is 10.0 Å². The maximum atomic E-state index is 13.5. The Labute approximate surface area is 194 Å². The van der Waals surface area contributed by atoms with Crippen molar-refractivity contribution in [1.82, 2.24) is 5.32 Å². The van der Waals surface area contributed by atoms with Crippen LogP contribution in [0.4, 0.5) is 5.69 Å². The van der Waals surface area contributed by atoms with E-state index in [1.165, 1.54) is 5.56 Å². The number of nitrogens with zero attached hydrogens (tertiary/aromatic N) is 1. The third-order valence-corrected chi connectivity index (χ3v) is 7.82. The molecule has 0 spiro atoms. The van der Waals surface area contributed by atoms with E-state index in [0.29, 0.717) is 0 Å². The number of anilines is 1. The number of aryl methyl sites for hydroxylation is 2. The van der Waals surface area contributed by atoms with Gasteiger partial charge < -0.3 is 5.32 Å². The van der Waals surface area contributed by atoms with Crippen LogP contribution in [0.25, 0.3) is 0 Å². The Bertz CT molecular complexity index is 1230. The van der Waals surface area contributed by atoms with E-state index in [9.17, 15) is 13.2 Å². The van der Waals surface area contributed by atoms with E-state index in [2.05, 4.69) is 11.4 Å². The molecule has 0 fully saturated rings. The minimum absolute atomic E-state index is 0.110. The molecular formula is C25H25ClN2O3S. The molecule has 7 heteroatoms. The molecule has 0 saturated carbocycles. The van der Waals surface area contributed by atoms with E-state index in [4.69, 9.17) is 11.6 Å². The normalized spacial score (nSPS) is 15.6. The lowest BCUT2D eigenvalue weighted by Gasteiger charge is -2.29. The second-order valence-corrected chi connectivity index (χ2v) is 10.3. The Balaban J connectivity index is 1.64. The number of sulfonamides is 1. The van der Waals surface area contributed by atoms with E-state index in [-0.39, 0.29) is 34.1 Å². The van der Waals surface area contributed by atoms with Gasteiger partial charge in [0.2, 0.25) is 5.91 Å². The van der Waals surface area contributed by atoms with Crippen LogP contribution in [-0.4, -0.2) is 20.9 Å². The molecule has 166 valence electrons. The summed E-state index contributed by atoms with van der Waals surface area (Å²) in [6.07, 6.45) is 2.77. The molecule has 1 amide bonds. The fraction of sp³-hybridized carbons (Fsp3) is 0.240. The number of hydrogen-bond donors (Lipinski definition) is 1. The number of para-hydroxylation sites is 1. The van der Waals surface area contributed by atoms with Gasteiger partial charge in [0.05, 0.1) is 21.6 Å². The molecule has 0 aliphatic heterocycles. The molecule has 1 atom stereocenters. The third kappa shape index (κ3) is 4.66. The predicted octanol–water partition coefficient (Wildman–Crippen LogP) is 5.04. The highest BCUT2D eigenvalue weighted by Crippen LogP contribution is 2.32. The first-order valence-corrected chi connectivity index (χ1v) is 12.4. The standard InChI is InChI=1S/C25H25ClN2O3S/c1-18-13-15-20(16-14-18)32(30,31)28(24-12-5-4-10-22(24)26)17-25(29)27-23-11-6-8-19-7-2-3-9-21(19)23/h2-5,7,9-10,12-16,23H,6,8,11,17H2,1H3,(H,27,29)/t23-/m1/s1. The number of fused-ring (bicyclic) bond motifs is 1. The number of hydrogen-bond acceptors (Lipinski definition) is 3. The van der Waals surface area contributed by atoms with Crippen LogP contribution in [0, 0.1) is 6.92 Å². The molecule has 0 bridgehead atoms. The van der Waals surface area contributed by atoms with E-state index >= 15 is 0 Å². The monoisotopic (exact) mass is 468 g/mol. The molecule has 0 aromatic heterocycles. The second-order valence-electron chi connectivity index (χ2n) is 7.99. The molecule has 4 rings (SSSR count). The van der Waals surface area contributed by atoms with Crippen molar-refractivity contribution >= 4 is 33.2 Å². The van der Waals surface area contributed by atoms with Crippen LogP contribution in [0.1, 0.15) is 35.6 Å². The molecule has 1 aliphatic rings. The largest absolute Gasteiger partial charge is 0.348 e. The number of amides is 1. The van der Waals surface area contributed by atoms with Gasteiger partial charge in [0.1, 0.15) is 6.54 Å². The van der Waals surface area contributed by atoms with Gasteiger partial charge in [0, 0.05) is 0 Å². The van der Waals surface area contributed by atoms with Crippen molar-refractivity contribution in [3.63, 3.8) is 0 Å². The molecule has 0 saturated heterocycles. The number of carbonyl (C=O) groups excluding carboxylic acids is 1. The smallest absolute Gasteiger partial charge is 0.264 e. The number of halogens is 1. The van der Waals surface area contributed by atoms with Gasteiger partial charge in [-0.25, -0.2) is 8.42 Å². The summed E-state index contributed by atoms with van der Waals surface area (Å²) in [4.78, 5) is 13.2. The lowest BCUT2D eigenvalue weighted by Crippen LogP contribution is -2.42. The molecule has 0 unspecified atom stereocenters. The minimum Gasteiger partial charge on any atom is -0.348 e. The summed E-state index contributed by atoms with van der Waals surface area (Å²) in [5, 5.41) is 3.30.